The lowest BCUT2D eigenvalue weighted by molar-refractivity contribution is -0.686. The molecule has 0 fully saturated rings. The van der Waals surface area contributed by atoms with E-state index < -0.39 is 0 Å². The predicted molar refractivity (Wildman–Crippen MR) is 160 cm³/mol. The van der Waals surface area contributed by atoms with Crippen molar-refractivity contribution in [3.05, 3.63) is 70.4 Å². The molecular weight excluding hydrogens is 550 g/mol. The molecule has 0 bridgehead atoms. The highest BCUT2D eigenvalue weighted by Crippen LogP contribution is 2.43. The van der Waals surface area contributed by atoms with Crippen LogP contribution >= 0.6 is 0 Å². The molecule has 0 aliphatic carbocycles. The van der Waals surface area contributed by atoms with E-state index >= 15 is 0 Å². The van der Waals surface area contributed by atoms with Crippen LogP contribution in [0.2, 0.25) is 0 Å². The van der Waals surface area contributed by atoms with E-state index in [1.54, 1.807) is 34.1 Å². The summed E-state index contributed by atoms with van der Waals surface area (Å²) >= 11 is 0. The fraction of sp³-hybridized carbons (Fsp3) is 0.294. The van der Waals surface area contributed by atoms with Gasteiger partial charge in [-0.3, -0.25) is 4.79 Å². The van der Waals surface area contributed by atoms with Crippen LogP contribution in [0.3, 0.4) is 0 Å². The van der Waals surface area contributed by atoms with E-state index in [2.05, 4.69) is 10.8 Å². The molecule has 2 aliphatic heterocycles. The number of phenols is 2. The zero-order valence-electron chi connectivity index (χ0n) is 24.7. The van der Waals surface area contributed by atoms with Crippen molar-refractivity contribution in [1.82, 2.24) is 0 Å². The van der Waals surface area contributed by atoms with Crippen LogP contribution in [0, 0.1) is 13.8 Å². The van der Waals surface area contributed by atoms with Crippen molar-refractivity contribution in [3.8, 4) is 45.8 Å². The SMILES string of the molecule is COc1ccc2c(CC(=O)OCC/C=C/c3cc(O)c(C)c(C)c3O)c3[n+](cc2c1OC)CCc1cc2c(cc1-3)OCO2. The number of nitrogens with zero attached hydrogens (tertiary/aromatic N) is 1. The topological polar surface area (TPSA) is 108 Å². The van der Waals surface area contributed by atoms with E-state index in [1.165, 1.54) is 6.07 Å². The molecule has 0 unspecified atom stereocenters. The fourth-order valence-electron chi connectivity index (χ4n) is 5.87. The first-order valence-electron chi connectivity index (χ1n) is 14.2. The third kappa shape index (κ3) is 5.05. The maximum Gasteiger partial charge on any atom is 0.310 e. The molecule has 3 heterocycles. The Hall–Kier alpha value is -4.92. The summed E-state index contributed by atoms with van der Waals surface area (Å²) in [4.78, 5) is 13.3. The van der Waals surface area contributed by atoms with E-state index in [0.717, 1.165) is 45.3 Å². The Morgan fingerprint density at radius 1 is 1.02 bits per heavy atom. The normalized spacial score (nSPS) is 13.2. The zero-order chi connectivity index (χ0) is 30.2. The number of methoxy groups -OCH3 is 2. The third-order valence-corrected chi connectivity index (χ3v) is 8.28. The van der Waals surface area contributed by atoms with Crippen molar-refractivity contribution in [2.45, 2.75) is 39.7 Å². The minimum Gasteiger partial charge on any atom is -0.508 e. The number of pyridine rings is 1. The van der Waals surface area contributed by atoms with Crippen LogP contribution < -0.4 is 23.5 Å². The number of fused-ring (bicyclic) bond motifs is 5. The van der Waals surface area contributed by atoms with E-state index in [0.29, 0.717) is 46.9 Å². The quantitative estimate of drug-likeness (QED) is 0.124. The summed E-state index contributed by atoms with van der Waals surface area (Å²) in [6.45, 7) is 4.57. The second-order valence-corrected chi connectivity index (χ2v) is 10.7. The van der Waals surface area contributed by atoms with Crippen LogP contribution in [0.25, 0.3) is 28.1 Å². The summed E-state index contributed by atoms with van der Waals surface area (Å²) in [5, 5.41) is 22.2. The molecule has 0 radical (unpaired) electrons. The Kier molecular flexibility index (Phi) is 7.48. The molecule has 9 heteroatoms. The molecule has 222 valence electrons. The van der Waals surface area contributed by atoms with Crippen molar-refractivity contribution in [2.75, 3.05) is 27.6 Å². The van der Waals surface area contributed by atoms with Gasteiger partial charge in [-0.2, -0.15) is 4.57 Å². The Morgan fingerprint density at radius 3 is 2.58 bits per heavy atom. The summed E-state index contributed by atoms with van der Waals surface area (Å²) in [5.41, 5.74) is 5.66. The number of carbonyl (C=O) groups excluding carboxylic acids is 1. The third-order valence-electron chi connectivity index (χ3n) is 8.28. The maximum absolute atomic E-state index is 13.3. The highest BCUT2D eigenvalue weighted by atomic mass is 16.7. The minimum absolute atomic E-state index is 0.0472. The fourth-order valence-corrected chi connectivity index (χ4v) is 5.87. The van der Waals surface area contributed by atoms with Gasteiger partial charge < -0.3 is 33.9 Å². The van der Waals surface area contributed by atoms with Crippen LogP contribution in [-0.2, 0) is 28.9 Å². The Morgan fingerprint density at radius 2 is 1.81 bits per heavy atom. The average molecular weight is 585 g/mol. The summed E-state index contributed by atoms with van der Waals surface area (Å²) in [6.07, 6.45) is 6.87. The molecule has 6 rings (SSSR count). The molecule has 0 atom stereocenters. The second-order valence-electron chi connectivity index (χ2n) is 10.7. The lowest BCUT2D eigenvalue weighted by Crippen LogP contribution is -2.41. The van der Waals surface area contributed by atoms with Crippen LogP contribution in [0.15, 0.2) is 42.6 Å². The van der Waals surface area contributed by atoms with Gasteiger partial charge in [-0.25, -0.2) is 0 Å². The number of rotatable bonds is 8. The van der Waals surface area contributed by atoms with Crippen molar-refractivity contribution in [3.63, 3.8) is 0 Å². The second kappa shape index (κ2) is 11.4. The van der Waals surface area contributed by atoms with Crippen LogP contribution in [0.4, 0.5) is 0 Å². The predicted octanol–water partition coefficient (Wildman–Crippen LogP) is 5.31. The number of carbonyl (C=O) groups is 1. The van der Waals surface area contributed by atoms with Gasteiger partial charge in [0.1, 0.15) is 11.5 Å². The molecule has 0 saturated carbocycles. The Labute approximate surface area is 249 Å². The van der Waals surface area contributed by atoms with Gasteiger partial charge >= 0.3 is 5.97 Å². The van der Waals surface area contributed by atoms with E-state index in [4.69, 9.17) is 23.7 Å². The van der Waals surface area contributed by atoms with Gasteiger partial charge in [-0.05, 0) is 67.3 Å². The summed E-state index contributed by atoms with van der Waals surface area (Å²) in [5.74, 6) is 2.51. The average Bonchev–Trinajstić information content (AvgIpc) is 3.47. The van der Waals surface area contributed by atoms with Gasteiger partial charge in [0.25, 0.3) is 0 Å². The van der Waals surface area contributed by atoms with Gasteiger partial charge in [0, 0.05) is 22.9 Å². The number of aromatic nitrogens is 1. The molecular formula is C34H34NO8+. The van der Waals surface area contributed by atoms with Gasteiger partial charge in [0.05, 0.1) is 38.2 Å². The minimum atomic E-state index is -0.363. The molecule has 4 aromatic rings. The molecule has 2 aliphatic rings. The molecule has 9 nitrogen and oxygen atoms in total. The standard InChI is InChI=1S/C34H33NO8/c1-19-20(2)33(38)22(13-27(19)36)7-5-6-12-41-31(37)16-25-23-8-9-28(39-3)34(40-4)26(23)17-35-11-10-21-14-29-30(43-18-42-29)15-24(21)32(25)35/h5,7-9,13-15,17H,6,10-12,16,18H2,1-4H3,(H-,36,38)/p+1/b7-5+. The van der Waals surface area contributed by atoms with E-state index in [-0.39, 0.29) is 37.3 Å². The number of aromatic hydroxyl groups is 2. The highest BCUT2D eigenvalue weighted by molar-refractivity contribution is 5.97. The number of ether oxygens (including phenoxy) is 5. The molecule has 2 N–H and O–H groups in total. The van der Waals surface area contributed by atoms with Gasteiger partial charge in [0.2, 0.25) is 12.5 Å². The smallest absolute Gasteiger partial charge is 0.310 e. The molecule has 0 amide bonds. The number of hydrogen-bond donors (Lipinski definition) is 2. The lowest BCUT2D eigenvalue weighted by atomic mass is 9.90. The van der Waals surface area contributed by atoms with Crippen molar-refractivity contribution >= 4 is 22.8 Å². The lowest BCUT2D eigenvalue weighted by Gasteiger charge is -2.20. The summed E-state index contributed by atoms with van der Waals surface area (Å²) < 4.78 is 30.5. The Bertz CT molecular complexity index is 1790. The van der Waals surface area contributed by atoms with Crippen molar-refractivity contribution in [1.29, 1.82) is 0 Å². The first-order chi connectivity index (χ1) is 20.8. The summed E-state index contributed by atoms with van der Waals surface area (Å²) in [7, 11) is 3.21. The molecule has 0 saturated heterocycles. The van der Waals surface area contributed by atoms with Crippen LogP contribution in [0.5, 0.6) is 34.5 Å². The molecule has 0 spiro atoms. The van der Waals surface area contributed by atoms with E-state index in [1.807, 2.05) is 30.3 Å². The number of phenolic OH excluding ortho intramolecular Hbond substituents is 2. The zero-order valence-corrected chi connectivity index (χ0v) is 24.7. The van der Waals surface area contributed by atoms with Gasteiger partial charge in [0.15, 0.2) is 35.7 Å². The number of hydrogen-bond acceptors (Lipinski definition) is 8. The van der Waals surface area contributed by atoms with Crippen molar-refractivity contribution in [2.24, 2.45) is 0 Å². The van der Waals surface area contributed by atoms with Gasteiger partial charge in [-0.1, -0.05) is 12.2 Å². The van der Waals surface area contributed by atoms with Crippen LogP contribution in [0.1, 0.15) is 34.2 Å². The first kappa shape index (κ1) is 28.2. The van der Waals surface area contributed by atoms with E-state index in [9.17, 15) is 15.0 Å². The van der Waals surface area contributed by atoms with Crippen LogP contribution in [-0.4, -0.2) is 43.8 Å². The van der Waals surface area contributed by atoms with Gasteiger partial charge in [-0.15, -0.1) is 0 Å². The monoisotopic (exact) mass is 584 g/mol. The summed E-state index contributed by atoms with van der Waals surface area (Å²) in [6, 6.07) is 9.35. The number of aryl methyl sites for hydroxylation is 2. The highest BCUT2D eigenvalue weighted by Gasteiger charge is 2.33. The first-order valence-corrected chi connectivity index (χ1v) is 14.2. The molecule has 1 aromatic heterocycles. The Balaban J connectivity index is 1.30. The molecule has 3 aromatic carbocycles. The largest absolute Gasteiger partial charge is 0.508 e. The number of benzene rings is 3. The van der Waals surface area contributed by atoms with Crippen molar-refractivity contribution < 1.29 is 43.3 Å². The maximum atomic E-state index is 13.3. The number of esters is 1. The molecule has 43 heavy (non-hydrogen) atoms.